The molecule has 215 valence electrons. The Morgan fingerprint density at radius 1 is 0.705 bits per heavy atom. The largest absolute Gasteiger partial charge is 0.304 e. The molecule has 4 heterocycles. The number of fused-ring (bicyclic) bond motifs is 6. The Morgan fingerprint density at radius 2 is 1.50 bits per heavy atom. The van der Waals surface area contributed by atoms with Gasteiger partial charge in [0.1, 0.15) is 0 Å². The summed E-state index contributed by atoms with van der Waals surface area (Å²) in [4.78, 5) is 8.88. The van der Waals surface area contributed by atoms with E-state index in [-0.39, 0.29) is 25.7 Å². The topological polar surface area (TPSA) is 43.1 Å². The maximum atomic E-state index is 7.23. The van der Waals surface area contributed by atoms with Gasteiger partial charge < -0.3 is 9.97 Å². The number of hydrogen-bond donors (Lipinski definition) is 0. The fraction of sp³-hybridized carbons (Fsp3) is 0.0513. The quantitative estimate of drug-likeness (QED) is 0.134. The van der Waals surface area contributed by atoms with E-state index in [1.54, 1.807) is 18.2 Å². The Morgan fingerprint density at radius 3 is 2.25 bits per heavy atom. The molecule has 0 atom stereocenters. The molecule has 0 bridgehead atoms. The fourth-order valence-corrected chi connectivity index (χ4v) is 5.45. The average molecular weight is 748 g/mol. The molecule has 4 aromatic carbocycles. The Balaban J connectivity index is 0.000000194. The van der Waals surface area contributed by atoms with Gasteiger partial charge in [-0.15, -0.1) is 59.7 Å². The van der Waals surface area contributed by atoms with Crippen molar-refractivity contribution >= 4 is 27.3 Å². The number of nitrogens with zero attached hydrogens (tertiary/aromatic N) is 4. The second-order valence-electron chi connectivity index (χ2n) is 10.2. The molecule has 0 aliphatic carbocycles. The number of rotatable bonds is 3. The minimum absolute atomic E-state index is 0. The summed E-state index contributed by atoms with van der Waals surface area (Å²) in [6, 6.07) is 44.6. The zero-order valence-corrected chi connectivity index (χ0v) is 26.2. The zero-order chi connectivity index (χ0) is 31.7. The van der Waals surface area contributed by atoms with Crippen LogP contribution in [0.3, 0.4) is 0 Å². The van der Waals surface area contributed by atoms with Crippen molar-refractivity contribution in [3.8, 4) is 33.5 Å². The van der Waals surface area contributed by atoms with E-state index in [0.717, 1.165) is 49.7 Å². The van der Waals surface area contributed by atoms with Gasteiger partial charge in [-0.05, 0) is 68.9 Å². The molecule has 5 heteroatoms. The van der Waals surface area contributed by atoms with E-state index in [9.17, 15) is 0 Å². The summed E-state index contributed by atoms with van der Waals surface area (Å²) in [6.07, 6.45) is 5.14. The number of benzene rings is 4. The standard InChI is InChI=1S/C27H18N3.C12H10N.Ir/c1-18-6-5-9-23-26-25(24-15-17-29-30(24)27(18)23)22(14-16-28-26)21-12-10-20(11-13-21)19-7-3-2-4-8-19;1-10-7-8-12(13-9-10)11-5-3-2-4-6-11;/h2-8,10-17H,1H3;2-5,7-9H,1H3;/q2*-1;/i;1D3;. The average Bonchev–Trinajstić information content (AvgIpc) is 3.59. The third-order valence-electron chi connectivity index (χ3n) is 7.52. The van der Waals surface area contributed by atoms with Crippen LogP contribution in [-0.2, 0) is 20.1 Å². The van der Waals surface area contributed by atoms with Crippen LogP contribution in [-0.4, -0.2) is 19.6 Å². The molecule has 0 saturated carbocycles. The summed E-state index contributed by atoms with van der Waals surface area (Å²) in [5, 5.41) is 6.73. The number of hydrogen-bond acceptors (Lipinski definition) is 3. The first-order valence-electron chi connectivity index (χ1n) is 15.5. The van der Waals surface area contributed by atoms with Crippen molar-refractivity contribution < 1.29 is 24.2 Å². The molecule has 0 spiro atoms. The molecule has 44 heavy (non-hydrogen) atoms. The second kappa shape index (κ2) is 12.7. The minimum atomic E-state index is -2.09. The SMILES string of the molecule is Cc1cc[c-]c2c3nccc(-c4ccc(-c5ccccc5)cc4)c3c3ccnn3c12.[2H]C([2H])([2H])c1ccc(-c2[c-]cccc2)nc1.[Ir]. The summed E-state index contributed by atoms with van der Waals surface area (Å²) >= 11 is 0. The van der Waals surface area contributed by atoms with Gasteiger partial charge in [-0.25, -0.2) is 0 Å². The number of pyridine rings is 3. The van der Waals surface area contributed by atoms with Crippen molar-refractivity contribution in [2.45, 2.75) is 13.8 Å². The van der Waals surface area contributed by atoms with Crippen LogP contribution in [0.15, 0.2) is 134 Å². The van der Waals surface area contributed by atoms with Gasteiger partial charge in [-0.1, -0.05) is 79.0 Å². The first-order chi connectivity index (χ1) is 22.4. The Hall–Kier alpha value is -4.96. The molecule has 0 fully saturated rings. The monoisotopic (exact) mass is 748 g/mol. The van der Waals surface area contributed by atoms with Gasteiger partial charge in [0.15, 0.2) is 0 Å². The molecule has 0 amide bonds. The fourth-order valence-electron chi connectivity index (χ4n) is 5.45. The Labute approximate surface area is 274 Å². The number of aryl methyl sites for hydroxylation is 2. The molecule has 8 aromatic rings. The Kier molecular flexibility index (Phi) is 7.38. The zero-order valence-electron chi connectivity index (χ0n) is 26.8. The van der Waals surface area contributed by atoms with Gasteiger partial charge in [-0.2, -0.15) is 5.10 Å². The van der Waals surface area contributed by atoms with Crippen LogP contribution in [0.1, 0.15) is 15.2 Å². The van der Waals surface area contributed by atoms with Crippen molar-refractivity contribution in [3.63, 3.8) is 0 Å². The number of aromatic nitrogens is 4. The summed E-state index contributed by atoms with van der Waals surface area (Å²) < 4.78 is 23.7. The van der Waals surface area contributed by atoms with E-state index in [0.29, 0.717) is 0 Å². The van der Waals surface area contributed by atoms with Crippen molar-refractivity contribution in [1.29, 1.82) is 0 Å². The van der Waals surface area contributed by atoms with Gasteiger partial charge in [0.25, 0.3) is 0 Å². The predicted octanol–water partition coefficient (Wildman–Crippen LogP) is 9.33. The van der Waals surface area contributed by atoms with Crippen LogP contribution in [0.4, 0.5) is 0 Å². The van der Waals surface area contributed by atoms with Gasteiger partial charge >= 0.3 is 0 Å². The molecule has 4 aromatic heterocycles. The van der Waals surface area contributed by atoms with Gasteiger partial charge in [0.05, 0.1) is 5.52 Å². The smallest absolute Gasteiger partial charge is 0.0570 e. The van der Waals surface area contributed by atoms with Gasteiger partial charge in [0.2, 0.25) is 0 Å². The van der Waals surface area contributed by atoms with E-state index in [1.807, 2.05) is 47.2 Å². The second-order valence-corrected chi connectivity index (χ2v) is 10.2. The molecule has 8 rings (SSSR count). The summed E-state index contributed by atoms with van der Waals surface area (Å²) in [6.45, 7) is 0.0151. The predicted molar refractivity (Wildman–Crippen MR) is 176 cm³/mol. The third-order valence-corrected chi connectivity index (χ3v) is 7.52. The van der Waals surface area contributed by atoms with E-state index in [2.05, 4.69) is 95.9 Å². The molecule has 4 nitrogen and oxygen atoms in total. The van der Waals surface area contributed by atoms with E-state index in [4.69, 9.17) is 9.10 Å². The summed E-state index contributed by atoms with van der Waals surface area (Å²) in [5.41, 5.74) is 10.9. The molecule has 0 unspecified atom stereocenters. The normalized spacial score (nSPS) is 12.1. The maximum Gasteiger partial charge on any atom is 0.0570 e. The molecule has 1 radical (unpaired) electrons. The van der Waals surface area contributed by atoms with Gasteiger partial charge in [0, 0.05) is 42.8 Å². The molecule has 0 N–H and O–H groups in total. The van der Waals surface area contributed by atoms with Crippen LogP contribution in [0.2, 0.25) is 0 Å². The minimum Gasteiger partial charge on any atom is -0.304 e. The van der Waals surface area contributed by atoms with Crippen molar-refractivity contribution in [2.24, 2.45) is 0 Å². The Bertz CT molecular complexity index is 2280. The van der Waals surface area contributed by atoms with Crippen LogP contribution >= 0.6 is 0 Å². The van der Waals surface area contributed by atoms with Crippen molar-refractivity contribution in [3.05, 3.63) is 157 Å². The van der Waals surface area contributed by atoms with E-state index >= 15 is 0 Å². The molecule has 0 aliphatic rings. The first kappa shape index (κ1) is 25.5. The van der Waals surface area contributed by atoms with Crippen LogP contribution in [0, 0.1) is 25.9 Å². The maximum absolute atomic E-state index is 7.23. The van der Waals surface area contributed by atoms with Crippen molar-refractivity contribution in [2.75, 3.05) is 0 Å². The third kappa shape index (κ3) is 5.56. The van der Waals surface area contributed by atoms with E-state index in [1.165, 1.54) is 22.9 Å². The van der Waals surface area contributed by atoms with E-state index < -0.39 is 6.85 Å². The van der Waals surface area contributed by atoms with Crippen LogP contribution < -0.4 is 0 Å². The van der Waals surface area contributed by atoms with Crippen LogP contribution in [0.25, 0.3) is 60.8 Å². The van der Waals surface area contributed by atoms with Crippen LogP contribution in [0.5, 0.6) is 0 Å². The first-order valence-corrected chi connectivity index (χ1v) is 14.0. The molecular formula is C39H28IrN4-2. The summed E-state index contributed by atoms with van der Waals surface area (Å²) in [5.74, 6) is 0. The summed E-state index contributed by atoms with van der Waals surface area (Å²) in [7, 11) is 0. The molecule has 0 aliphatic heterocycles. The van der Waals surface area contributed by atoms with Gasteiger partial charge in [-0.3, -0.25) is 4.52 Å². The van der Waals surface area contributed by atoms with Crippen molar-refractivity contribution in [1.82, 2.24) is 19.6 Å². The molecule has 0 saturated heterocycles. The molecular weight excluding hydrogens is 717 g/mol.